The van der Waals surface area contributed by atoms with Gasteiger partial charge in [-0.3, -0.25) is 0 Å². The molecule has 0 bridgehead atoms. The van der Waals surface area contributed by atoms with Gasteiger partial charge in [-0.2, -0.15) is 0 Å². The van der Waals surface area contributed by atoms with E-state index in [2.05, 4.69) is 10.5 Å². The summed E-state index contributed by atoms with van der Waals surface area (Å²) in [7, 11) is 0. The van der Waals surface area contributed by atoms with E-state index < -0.39 is 5.60 Å². The molecule has 0 fully saturated rings. The fraction of sp³-hybridized carbons (Fsp3) is 0.417. The lowest BCUT2D eigenvalue weighted by atomic mass is 10.1. The zero-order valence-electron chi connectivity index (χ0n) is 10.3. The second kappa shape index (κ2) is 6.34. The number of aliphatic hydroxyl groups is 2. The second-order valence-corrected chi connectivity index (χ2v) is 4.44. The van der Waals surface area contributed by atoms with E-state index >= 15 is 0 Å². The van der Waals surface area contributed by atoms with E-state index in [0.717, 1.165) is 5.56 Å². The van der Waals surface area contributed by atoms with Gasteiger partial charge in [-0.15, -0.1) is 0 Å². The molecule has 0 amide bonds. The maximum absolute atomic E-state index is 9.60. The number of hydrogen-bond donors (Lipinski definition) is 5. The summed E-state index contributed by atoms with van der Waals surface area (Å²) in [6.07, 6.45) is 0. The minimum Gasteiger partial charge on any atom is -0.409 e. The van der Waals surface area contributed by atoms with Gasteiger partial charge in [0.05, 0.1) is 12.2 Å². The third-order valence-electron chi connectivity index (χ3n) is 2.51. The van der Waals surface area contributed by atoms with Crippen molar-refractivity contribution in [1.82, 2.24) is 5.32 Å². The lowest BCUT2D eigenvalue weighted by molar-refractivity contribution is 0.00254. The van der Waals surface area contributed by atoms with Crippen molar-refractivity contribution < 1.29 is 15.4 Å². The fourth-order valence-corrected chi connectivity index (χ4v) is 1.43. The highest BCUT2D eigenvalue weighted by molar-refractivity contribution is 5.97. The van der Waals surface area contributed by atoms with Crippen LogP contribution in [0.15, 0.2) is 29.4 Å². The normalized spacial score (nSPS) is 15.4. The topological polar surface area (TPSA) is 111 Å². The monoisotopic (exact) mass is 253 g/mol. The summed E-state index contributed by atoms with van der Waals surface area (Å²) >= 11 is 0. The maximum atomic E-state index is 9.60. The molecule has 6 heteroatoms. The van der Waals surface area contributed by atoms with Gasteiger partial charge < -0.3 is 26.5 Å². The first-order valence-corrected chi connectivity index (χ1v) is 5.59. The van der Waals surface area contributed by atoms with Crippen molar-refractivity contribution in [3.63, 3.8) is 0 Å². The molecule has 0 aliphatic heterocycles. The number of oxime groups is 1. The van der Waals surface area contributed by atoms with Gasteiger partial charge in [-0.25, -0.2) is 0 Å². The first kappa shape index (κ1) is 14.4. The third kappa shape index (κ3) is 4.33. The molecule has 1 rings (SSSR count). The molecular formula is C12H19N3O3. The van der Waals surface area contributed by atoms with E-state index in [9.17, 15) is 5.11 Å². The van der Waals surface area contributed by atoms with Crippen molar-refractivity contribution in [3.05, 3.63) is 35.4 Å². The largest absolute Gasteiger partial charge is 0.409 e. The number of benzene rings is 1. The summed E-state index contributed by atoms with van der Waals surface area (Å²) < 4.78 is 0. The van der Waals surface area contributed by atoms with Crippen LogP contribution in [0.4, 0.5) is 0 Å². The molecule has 1 aromatic rings. The van der Waals surface area contributed by atoms with Crippen molar-refractivity contribution in [1.29, 1.82) is 0 Å². The molecule has 0 spiro atoms. The summed E-state index contributed by atoms with van der Waals surface area (Å²) in [5.74, 6) is 0.0548. The molecule has 1 atom stereocenters. The Balaban J connectivity index is 2.58. The van der Waals surface area contributed by atoms with Crippen LogP contribution in [0.5, 0.6) is 0 Å². The number of aliphatic hydroxyl groups excluding tert-OH is 1. The minimum absolute atomic E-state index is 0.0548. The van der Waals surface area contributed by atoms with Gasteiger partial charge in [0, 0.05) is 18.7 Å². The average molecular weight is 253 g/mol. The Kier molecular flexibility index (Phi) is 5.08. The van der Waals surface area contributed by atoms with Crippen LogP contribution in [0, 0.1) is 0 Å². The Morgan fingerprint density at radius 2 is 2.22 bits per heavy atom. The van der Waals surface area contributed by atoms with Gasteiger partial charge in [-0.1, -0.05) is 23.4 Å². The third-order valence-corrected chi connectivity index (χ3v) is 2.51. The van der Waals surface area contributed by atoms with Crippen molar-refractivity contribution in [2.75, 3.05) is 13.2 Å². The zero-order chi connectivity index (χ0) is 13.6. The Morgan fingerprint density at radius 1 is 1.50 bits per heavy atom. The quantitative estimate of drug-likeness (QED) is 0.205. The van der Waals surface area contributed by atoms with Crippen molar-refractivity contribution >= 4 is 5.84 Å². The van der Waals surface area contributed by atoms with E-state index in [1.54, 1.807) is 25.1 Å². The summed E-state index contributed by atoms with van der Waals surface area (Å²) in [6.45, 7) is 2.04. The van der Waals surface area contributed by atoms with Crippen molar-refractivity contribution in [2.45, 2.75) is 19.1 Å². The molecule has 0 radical (unpaired) electrons. The second-order valence-electron chi connectivity index (χ2n) is 4.44. The Hall–Kier alpha value is -1.63. The van der Waals surface area contributed by atoms with Crippen LogP contribution in [0.2, 0.25) is 0 Å². The molecule has 0 aromatic heterocycles. The summed E-state index contributed by atoms with van der Waals surface area (Å²) in [5.41, 5.74) is 5.92. The maximum Gasteiger partial charge on any atom is 0.170 e. The minimum atomic E-state index is -1.14. The number of nitrogens with zero attached hydrogens (tertiary/aromatic N) is 1. The highest BCUT2D eigenvalue weighted by Crippen LogP contribution is 2.06. The van der Waals surface area contributed by atoms with Gasteiger partial charge in [0.15, 0.2) is 5.84 Å². The van der Waals surface area contributed by atoms with Gasteiger partial charge >= 0.3 is 0 Å². The standard InChI is InChI=1S/C12H19N3O3/c1-12(17,8-16)7-14-6-9-3-2-4-10(5-9)11(13)15-18/h2-5,14,16-18H,6-8H2,1H3,(H2,13,15). The van der Waals surface area contributed by atoms with Gasteiger partial charge in [0.1, 0.15) is 0 Å². The molecule has 0 aliphatic rings. The van der Waals surface area contributed by atoms with Crippen molar-refractivity contribution in [2.24, 2.45) is 10.9 Å². The van der Waals surface area contributed by atoms with Crippen LogP contribution in [-0.4, -0.2) is 40.0 Å². The SMILES string of the molecule is CC(O)(CO)CNCc1cccc(C(N)=NO)c1. The van der Waals surface area contributed by atoms with Crippen LogP contribution in [0.25, 0.3) is 0 Å². The van der Waals surface area contributed by atoms with Crippen LogP contribution >= 0.6 is 0 Å². The summed E-state index contributed by atoms with van der Waals surface area (Å²) in [4.78, 5) is 0. The van der Waals surface area contributed by atoms with Crippen LogP contribution in [-0.2, 0) is 6.54 Å². The molecule has 18 heavy (non-hydrogen) atoms. The first-order chi connectivity index (χ1) is 8.48. The lowest BCUT2D eigenvalue weighted by Crippen LogP contribution is -2.40. The van der Waals surface area contributed by atoms with Gasteiger partial charge in [0.25, 0.3) is 0 Å². The molecule has 0 aliphatic carbocycles. The molecule has 0 saturated heterocycles. The molecule has 6 nitrogen and oxygen atoms in total. The molecule has 1 unspecified atom stereocenters. The van der Waals surface area contributed by atoms with Crippen LogP contribution in [0.1, 0.15) is 18.1 Å². The van der Waals surface area contributed by atoms with Gasteiger partial charge in [0.2, 0.25) is 0 Å². The Bertz CT molecular complexity index is 419. The fourth-order valence-electron chi connectivity index (χ4n) is 1.43. The van der Waals surface area contributed by atoms with E-state index in [-0.39, 0.29) is 19.0 Å². The zero-order valence-corrected chi connectivity index (χ0v) is 10.3. The van der Waals surface area contributed by atoms with Crippen LogP contribution in [0.3, 0.4) is 0 Å². The van der Waals surface area contributed by atoms with E-state index in [1.807, 2.05) is 6.07 Å². The summed E-state index contributed by atoms with van der Waals surface area (Å²) in [5, 5.41) is 33.0. The predicted octanol–water partition coefficient (Wildman–Crippen LogP) is -0.386. The van der Waals surface area contributed by atoms with E-state index in [1.165, 1.54) is 0 Å². The van der Waals surface area contributed by atoms with Crippen LogP contribution < -0.4 is 11.1 Å². The molecule has 0 heterocycles. The predicted molar refractivity (Wildman–Crippen MR) is 68.4 cm³/mol. The highest BCUT2D eigenvalue weighted by Gasteiger charge is 2.17. The number of nitrogens with one attached hydrogen (secondary N) is 1. The first-order valence-electron chi connectivity index (χ1n) is 5.59. The number of amidine groups is 1. The molecule has 6 N–H and O–H groups in total. The smallest absolute Gasteiger partial charge is 0.170 e. The highest BCUT2D eigenvalue weighted by atomic mass is 16.4. The molecule has 0 saturated carbocycles. The number of hydrogen-bond acceptors (Lipinski definition) is 5. The van der Waals surface area contributed by atoms with Crippen molar-refractivity contribution in [3.8, 4) is 0 Å². The molecule has 1 aromatic carbocycles. The number of rotatable bonds is 6. The molecule has 100 valence electrons. The van der Waals surface area contributed by atoms with E-state index in [0.29, 0.717) is 12.1 Å². The van der Waals surface area contributed by atoms with Gasteiger partial charge in [-0.05, 0) is 18.6 Å². The Labute approximate surface area is 106 Å². The van der Waals surface area contributed by atoms with E-state index in [4.69, 9.17) is 16.0 Å². The Morgan fingerprint density at radius 3 is 2.83 bits per heavy atom. The average Bonchev–Trinajstić information content (AvgIpc) is 2.38. The number of nitrogens with two attached hydrogens (primary N) is 1. The lowest BCUT2D eigenvalue weighted by Gasteiger charge is -2.20. The summed E-state index contributed by atoms with van der Waals surface area (Å²) in [6, 6.07) is 7.21. The molecular weight excluding hydrogens is 234 g/mol.